The Labute approximate surface area is 93.5 Å². The summed E-state index contributed by atoms with van der Waals surface area (Å²) in [5.41, 5.74) is 1.32. The van der Waals surface area contributed by atoms with Crippen LogP contribution in [0.1, 0.15) is 24.2 Å². The Bertz CT molecular complexity index is 594. The summed E-state index contributed by atoms with van der Waals surface area (Å²) in [7, 11) is -3.31. The molecule has 0 N–H and O–H groups in total. The maximum atomic E-state index is 12.3. The van der Waals surface area contributed by atoms with Crippen molar-refractivity contribution in [3.05, 3.63) is 23.5 Å². The average Bonchev–Trinajstić information content (AvgIpc) is 2.68. The molecule has 0 bridgehead atoms. The van der Waals surface area contributed by atoms with E-state index < -0.39 is 15.1 Å². The van der Waals surface area contributed by atoms with Gasteiger partial charge in [-0.1, -0.05) is 0 Å². The molecule has 0 saturated heterocycles. The molecule has 1 aromatic rings. The number of aromatic nitrogens is 1. The lowest BCUT2D eigenvalue weighted by atomic mass is 10.0. The highest BCUT2D eigenvalue weighted by Crippen LogP contribution is 2.47. The summed E-state index contributed by atoms with van der Waals surface area (Å²) in [6.45, 7) is 3.51. The molecule has 2 aliphatic heterocycles. The minimum Gasteiger partial charge on any atom is -0.260 e. The van der Waals surface area contributed by atoms with Gasteiger partial charge in [-0.3, -0.25) is 4.98 Å². The van der Waals surface area contributed by atoms with Crippen molar-refractivity contribution in [1.29, 1.82) is 0 Å². The lowest BCUT2D eigenvalue weighted by Gasteiger charge is -2.09. The summed E-state index contributed by atoms with van der Waals surface area (Å²) in [4.78, 5) is 4.42. The Morgan fingerprint density at radius 2 is 2.06 bits per heavy atom. The SMILES string of the molecule is Cc1nccc2c1S(=O)(=O)[C@H]1C(C)N=N[C@@H]21. The third-order valence-corrected chi connectivity index (χ3v) is 5.70. The van der Waals surface area contributed by atoms with E-state index in [4.69, 9.17) is 0 Å². The van der Waals surface area contributed by atoms with Crippen molar-refractivity contribution in [1.82, 2.24) is 4.98 Å². The molecule has 1 aromatic heterocycles. The van der Waals surface area contributed by atoms with Crippen LogP contribution in [0.25, 0.3) is 0 Å². The molecule has 5 nitrogen and oxygen atoms in total. The topological polar surface area (TPSA) is 71.8 Å². The molecule has 0 amide bonds. The van der Waals surface area contributed by atoms with E-state index >= 15 is 0 Å². The molecule has 0 aliphatic carbocycles. The van der Waals surface area contributed by atoms with Gasteiger partial charge >= 0.3 is 0 Å². The number of hydrogen-bond donors (Lipinski definition) is 0. The molecule has 0 radical (unpaired) electrons. The molecule has 3 rings (SSSR count). The van der Waals surface area contributed by atoms with Crippen molar-refractivity contribution < 1.29 is 8.42 Å². The second-order valence-electron chi connectivity index (χ2n) is 4.24. The van der Waals surface area contributed by atoms with Crippen LogP contribution in [-0.2, 0) is 9.84 Å². The van der Waals surface area contributed by atoms with Gasteiger partial charge in [0.05, 0.1) is 16.6 Å². The first-order chi connectivity index (χ1) is 7.53. The van der Waals surface area contributed by atoms with Crippen LogP contribution in [0, 0.1) is 6.92 Å². The van der Waals surface area contributed by atoms with Gasteiger partial charge in [-0.15, -0.1) is 0 Å². The first kappa shape index (κ1) is 9.89. The van der Waals surface area contributed by atoms with Crippen molar-refractivity contribution in [3.63, 3.8) is 0 Å². The van der Waals surface area contributed by atoms with Gasteiger partial charge in [0.2, 0.25) is 0 Å². The first-order valence-electron chi connectivity index (χ1n) is 5.13. The molecule has 0 aromatic carbocycles. The van der Waals surface area contributed by atoms with Gasteiger partial charge in [-0.2, -0.15) is 10.2 Å². The van der Waals surface area contributed by atoms with Crippen LogP contribution in [-0.4, -0.2) is 24.7 Å². The van der Waals surface area contributed by atoms with Crippen LogP contribution in [0.4, 0.5) is 0 Å². The fourth-order valence-electron chi connectivity index (χ4n) is 2.55. The predicted octanol–water partition coefficient (Wildman–Crippen LogP) is 1.44. The van der Waals surface area contributed by atoms with E-state index in [1.807, 2.05) is 0 Å². The number of hydrogen-bond acceptors (Lipinski definition) is 5. The summed E-state index contributed by atoms with van der Waals surface area (Å²) in [5.74, 6) is 0. The van der Waals surface area contributed by atoms with E-state index in [1.165, 1.54) is 0 Å². The third-order valence-electron chi connectivity index (χ3n) is 3.23. The number of fused-ring (bicyclic) bond motifs is 3. The zero-order chi connectivity index (χ0) is 11.5. The van der Waals surface area contributed by atoms with Crippen molar-refractivity contribution in [3.8, 4) is 0 Å². The van der Waals surface area contributed by atoms with Gasteiger partial charge in [0, 0.05) is 11.8 Å². The zero-order valence-electron chi connectivity index (χ0n) is 8.95. The molecule has 0 fully saturated rings. The first-order valence-corrected chi connectivity index (χ1v) is 6.67. The molecular formula is C10H11N3O2S. The maximum absolute atomic E-state index is 12.3. The van der Waals surface area contributed by atoms with Gasteiger partial charge in [-0.05, 0) is 19.9 Å². The Morgan fingerprint density at radius 3 is 2.81 bits per heavy atom. The highest BCUT2D eigenvalue weighted by atomic mass is 32.2. The van der Waals surface area contributed by atoms with Gasteiger partial charge in [0.15, 0.2) is 9.84 Å². The molecule has 3 atom stereocenters. The van der Waals surface area contributed by atoms with E-state index in [9.17, 15) is 8.42 Å². The normalized spacial score (nSPS) is 33.8. The minimum absolute atomic E-state index is 0.262. The van der Waals surface area contributed by atoms with Crippen molar-refractivity contribution >= 4 is 9.84 Å². The van der Waals surface area contributed by atoms with Crippen molar-refractivity contribution in [2.24, 2.45) is 10.2 Å². The second kappa shape index (κ2) is 2.88. The summed E-state index contributed by atoms with van der Waals surface area (Å²) < 4.78 is 24.7. The molecule has 0 spiro atoms. The Kier molecular flexibility index (Phi) is 1.78. The lowest BCUT2D eigenvalue weighted by molar-refractivity contribution is 0.570. The molecule has 6 heteroatoms. The molecule has 16 heavy (non-hydrogen) atoms. The van der Waals surface area contributed by atoms with Gasteiger partial charge in [-0.25, -0.2) is 8.42 Å². The average molecular weight is 237 g/mol. The van der Waals surface area contributed by atoms with E-state index in [1.54, 1.807) is 26.1 Å². The van der Waals surface area contributed by atoms with Gasteiger partial charge in [0.1, 0.15) is 11.3 Å². The number of sulfone groups is 1. The van der Waals surface area contributed by atoms with E-state index in [0.717, 1.165) is 5.56 Å². The number of aryl methyl sites for hydroxylation is 1. The van der Waals surface area contributed by atoms with E-state index in [0.29, 0.717) is 10.6 Å². The fraction of sp³-hybridized carbons (Fsp3) is 0.500. The Hall–Kier alpha value is -1.30. The number of pyridine rings is 1. The molecular weight excluding hydrogens is 226 g/mol. The van der Waals surface area contributed by atoms with Crippen LogP contribution in [0.2, 0.25) is 0 Å². The predicted molar refractivity (Wildman–Crippen MR) is 57.0 cm³/mol. The summed E-state index contributed by atoms with van der Waals surface area (Å²) in [6, 6.07) is 1.15. The number of nitrogens with zero attached hydrogens (tertiary/aromatic N) is 3. The van der Waals surface area contributed by atoms with Gasteiger partial charge < -0.3 is 0 Å². The minimum atomic E-state index is -3.31. The largest absolute Gasteiger partial charge is 0.260 e. The number of azo groups is 1. The Morgan fingerprint density at radius 1 is 1.31 bits per heavy atom. The van der Waals surface area contributed by atoms with E-state index in [-0.39, 0.29) is 12.1 Å². The van der Waals surface area contributed by atoms with Crippen molar-refractivity contribution in [2.75, 3.05) is 0 Å². The zero-order valence-corrected chi connectivity index (χ0v) is 9.77. The number of rotatable bonds is 0. The summed E-state index contributed by atoms with van der Waals surface area (Å²) in [5, 5.41) is 7.52. The molecule has 1 unspecified atom stereocenters. The van der Waals surface area contributed by atoms with Crippen molar-refractivity contribution in [2.45, 2.75) is 36.1 Å². The van der Waals surface area contributed by atoms with E-state index in [2.05, 4.69) is 15.2 Å². The van der Waals surface area contributed by atoms with Gasteiger partial charge in [0.25, 0.3) is 0 Å². The van der Waals surface area contributed by atoms with Crippen LogP contribution in [0.15, 0.2) is 27.4 Å². The smallest absolute Gasteiger partial charge is 0.188 e. The van der Waals surface area contributed by atoms with Crippen LogP contribution in [0.5, 0.6) is 0 Å². The lowest BCUT2D eigenvalue weighted by Crippen LogP contribution is -2.26. The third kappa shape index (κ3) is 1.000. The van der Waals surface area contributed by atoms with Crippen LogP contribution >= 0.6 is 0 Å². The highest BCUT2D eigenvalue weighted by molar-refractivity contribution is 7.92. The van der Waals surface area contributed by atoms with Crippen LogP contribution in [0.3, 0.4) is 0 Å². The Balaban J connectivity index is 2.35. The highest BCUT2D eigenvalue weighted by Gasteiger charge is 2.52. The molecule has 0 saturated carbocycles. The van der Waals surface area contributed by atoms with Crippen LogP contribution < -0.4 is 0 Å². The second-order valence-corrected chi connectivity index (χ2v) is 6.28. The monoisotopic (exact) mass is 237 g/mol. The molecule has 84 valence electrons. The maximum Gasteiger partial charge on any atom is 0.188 e. The standard InChI is InChI=1S/C10H11N3O2S/c1-5-9-7(3-4-11-5)8-10(16(9,14)15)6(2)12-13-8/h3-4,6,8,10H,1-2H3/t6?,8-,10-/m0/s1. The summed E-state index contributed by atoms with van der Waals surface area (Å²) >= 11 is 0. The molecule has 2 aliphatic rings. The quantitative estimate of drug-likeness (QED) is 0.685. The molecule has 3 heterocycles. The fourth-order valence-corrected chi connectivity index (χ4v) is 4.92. The summed E-state index contributed by atoms with van der Waals surface area (Å²) in [6.07, 6.45) is 1.63.